The highest BCUT2D eigenvalue weighted by molar-refractivity contribution is 8.13. The summed E-state index contributed by atoms with van der Waals surface area (Å²) in [7, 11) is 0. The molecule has 32 heavy (non-hydrogen) atoms. The molecule has 8 heteroatoms. The van der Waals surface area contributed by atoms with Crippen LogP contribution in [0.25, 0.3) is 5.57 Å². The van der Waals surface area contributed by atoms with E-state index in [1.807, 2.05) is 25.3 Å². The van der Waals surface area contributed by atoms with E-state index >= 15 is 0 Å². The highest BCUT2D eigenvalue weighted by Crippen LogP contribution is 2.36. The van der Waals surface area contributed by atoms with Gasteiger partial charge in [-0.1, -0.05) is 12.2 Å². The van der Waals surface area contributed by atoms with Gasteiger partial charge in [0.25, 0.3) is 0 Å². The molecular weight excluding hydrogens is 422 g/mol. The largest absolute Gasteiger partial charge is 0.493 e. The minimum absolute atomic E-state index is 0.129. The van der Waals surface area contributed by atoms with Gasteiger partial charge in [-0.25, -0.2) is 9.97 Å². The first-order chi connectivity index (χ1) is 15.7. The maximum atomic E-state index is 9.78. The number of nitrogens with one attached hydrogen (secondary N) is 1. The number of allylic oxidation sites excluding steroid dienone is 5. The lowest BCUT2D eigenvalue weighted by Crippen LogP contribution is -2.25. The van der Waals surface area contributed by atoms with Crippen molar-refractivity contribution in [3.05, 3.63) is 47.3 Å². The van der Waals surface area contributed by atoms with E-state index in [2.05, 4.69) is 32.4 Å². The van der Waals surface area contributed by atoms with Crippen LogP contribution in [-0.2, 0) is 15.9 Å². The van der Waals surface area contributed by atoms with Gasteiger partial charge in [0.15, 0.2) is 0 Å². The molecule has 1 unspecified atom stereocenters. The molecule has 0 spiro atoms. The summed E-state index contributed by atoms with van der Waals surface area (Å²) in [5.41, 5.74) is 4.17. The molecule has 168 valence electrons. The second-order valence-electron chi connectivity index (χ2n) is 8.04. The lowest BCUT2D eigenvalue weighted by molar-refractivity contribution is -0.00914. The van der Waals surface area contributed by atoms with Crippen LogP contribution in [0.4, 0.5) is 5.82 Å². The van der Waals surface area contributed by atoms with Gasteiger partial charge in [0.2, 0.25) is 0 Å². The normalized spacial score (nSPS) is 21.5. The number of rotatable bonds is 6. The van der Waals surface area contributed by atoms with Gasteiger partial charge in [-0.15, -0.1) is 11.8 Å². The Balaban J connectivity index is 1.48. The first-order valence-corrected chi connectivity index (χ1v) is 12.3. The zero-order chi connectivity index (χ0) is 22.3. The average Bonchev–Trinajstić information content (AvgIpc) is 2.84. The third kappa shape index (κ3) is 5.40. The second kappa shape index (κ2) is 10.8. The lowest BCUT2D eigenvalue weighted by Gasteiger charge is -2.28. The smallest absolute Gasteiger partial charge is 0.137 e. The fraction of sp³-hybridized carbons (Fsp3) is 0.500. The van der Waals surface area contributed by atoms with E-state index in [0.717, 1.165) is 84.6 Å². The summed E-state index contributed by atoms with van der Waals surface area (Å²) in [6.07, 6.45) is 13.9. The number of fused-ring (bicyclic) bond motifs is 1. The minimum atomic E-state index is -0.302. The van der Waals surface area contributed by atoms with Crippen LogP contribution in [0.5, 0.6) is 0 Å². The van der Waals surface area contributed by atoms with Gasteiger partial charge in [-0.05, 0) is 37.7 Å². The van der Waals surface area contributed by atoms with Crippen molar-refractivity contribution >= 4 is 28.2 Å². The topological polar surface area (TPSA) is 92.4 Å². The summed E-state index contributed by atoms with van der Waals surface area (Å²) in [6.45, 7) is 4.22. The second-order valence-corrected chi connectivity index (χ2v) is 9.04. The third-order valence-electron chi connectivity index (χ3n) is 5.94. The Kier molecular flexibility index (Phi) is 7.61. The molecule has 1 fully saturated rings. The number of hydrogen-bond donors (Lipinski definition) is 1. The van der Waals surface area contributed by atoms with Gasteiger partial charge >= 0.3 is 0 Å². The standard InChI is InChI=1S/C24H29N5O2S/c1-16(32-2)26-10-7-19-4-5-21-23(27-15-28-24(21)29-19)17-3-6-22(18(13-17)14-25)31-20-8-11-30-12-9-20/h3-4,6,15,18,20H,5,7-13H2,1-2H3,(H,27,28,29). The van der Waals surface area contributed by atoms with E-state index < -0.39 is 0 Å². The fourth-order valence-corrected chi connectivity index (χ4v) is 4.28. The number of nitrogens with zero attached hydrogens (tertiary/aromatic N) is 4. The first kappa shape index (κ1) is 22.6. The van der Waals surface area contributed by atoms with E-state index in [0.29, 0.717) is 6.42 Å². The fourth-order valence-electron chi connectivity index (χ4n) is 4.06. The molecule has 3 heterocycles. The molecule has 7 nitrogen and oxygen atoms in total. The molecule has 1 saturated heterocycles. The van der Waals surface area contributed by atoms with Gasteiger partial charge in [0.1, 0.15) is 29.9 Å². The number of aromatic nitrogens is 2. The van der Waals surface area contributed by atoms with Crippen molar-refractivity contribution in [2.75, 3.05) is 31.3 Å². The van der Waals surface area contributed by atoms with E-state index in [9.17, 15) is 5.26 Å². The minimum Gasteiger partial charge on any atom is -0.493 e. The Hall–Kier alpha value is -2.63. The summed E-state index contributed by atoms with van der Waals surface area (Å²) in [5, 5.41) is 14.3. The molecule has 1 N–H and O–H groups in total. The molecular formula is C24H29N5O2S. The molecule has 1 aromatic heterocycles. The van der Waals surface area contributed by atoms with Crippen LogP contribution in [0.2, 0.25) is 0 Å². The van der Waals surface area contributed by atoms with Crippen LogP contribution in [0.3, 0.4) is 0 Å². The SMILES string of the molecule is CSC(C)=NCCC1=CCc2c(ncnc2C2=CC=C(OC3CCOCC3)C(C#N)C2)N1. The lowest BCUT2D eigenvalue weighted by atomic mass is 9.89. The van der Waals surface area contributed by atoms with E-state index in [4.69, 9.17) is 9.47 Å². The molecule has 2 aliphatic heterocycles. The Morgan fingerprint density at radius 3 is 2.97 bits per heavy atom. The third-order valence-corrected chi connectivity index (χ3v) is 6.66. The van der Waals surface area contributed by atoms with Crippen LogP contribution in [0.1, 0.15) is 43.9 Å². The van der Waals surface area contributed by atoms with E-state index in [-0.39, 0.29) is 12.0 Å². The molecule has 3 aliphatic rings. The molecule has 1 atom stereocenters. The molecule has 0 saturated carbocycles. The van der Waals surface area contributed by atoms with Crippen molar-refractivity contribution in [3.8, 4) is 6.07 Å². The van der Waals surface area contributed by atoms with Crippen molar-refractivity contribution in [1.29, 1.82) is 5.26 Å². The summed E-state index contributed by atoms with van der Waals surface area (Å²) in [5.74, 6) is 1.30. The summed E-state index contributed by atoms with van der Waals surface area (Å²) >= 11 is 1.67. The Morgan fingerprint density at radius 2 is 2.19 bits per heavy atom. The maximum Gasteiger partial charge on any atom is 0.137 e. The van der Waals surface area contributed by atoms with Crippen molar-refractivity contribution < 1.29 is 9.47 Å². The zero-order valence-corrected chi connectivity index (χ0v) is 19.5. The van der Waals surface area contributed by atoms with Crippen molar-refractivity contribution in [1.82, 2.24) is 9.97 Å². The number of hydrogen-bond acceptors (Lipinski definition) is 8. The highest BCUT2D eigenvalue weighted by Gasteiger charge is 2.27. The average molecular weight is 452 g/mol. The summed E-state index contributed by atoms with van der Waals surface area (Å²) in [4.78, 5) is 13.6. The Bertz CT molecular complexity index is 1000. The molecule has 0 bridgehead atoms. The quantitative estimate of drug-likeness (QED) is 0.502. The summed E-state index contributed by atoms with van der Waals surface area (Å²) in [6, 6.07) is 2.42. The van der Waals surface area contributed by atoms with Crippen LogP contribution < -0.4 is 5.32 Å². The van der Waals surface area contributed by atoms with Crippen molar-refractivity contribution in [2.24, 2.45) is 10.9 Å². The predicted octanol–water partition coefficient (Wildman–Crippen LogP) is 4.51. The monoisotopic (exact) mass is 451 g/mol. The maximum absolute atomic E-state index is 9.78. The molecule has 1 aromatic rings. The molecule has 1 aliphatic carbocycles. The van der Waals surface area contributed by atoms with Crippen LogP contribution in [0.15, 0.2) is 41.0 Å². The number of thioether (sulfide) groups is 1. The molecule has 0 amide bonds. The van der Waals surface area contributed by atoms with Gasteiger partial charge < -0.3 is 14.8 Å². The molecule has 0 aromatic carbocycles. The number of ether oxygens (including phenoxy) is 2. The van der Waals surface area contributed by atoms with E-state index in [1.54, 1.807) is 18.1 Å². The Morgan fingerprint density at radius 1 is 1.34 bits per heavy atom. The number of aliphatic imine (C=N–C) groups is 1. The number of nitriles is 1. The highest BCUT2D eigenvalue weighted by atomic mass is 32.2. The number of anilines is 1. The molecule has 0 radical (unpaired) electrons. The zero-order valence-electron chi connectivity index (χ0n) is 18.6. The van der Waals surface area contributed by atoms with Gasteiger partial charge in [-0.2, -0.15) is 5.26 Å². The Labute approximate surface area is 193 Å². The van der Waals surface area contributed by atoms with Crippen LogP contribution in [-0.4, -0.2) is 47.1 Å². The van der Waals surface area contributed by atoms with Crippen molar-refractivity contribution in [3.63, 3.8) is 0 Å². The van der Waals surface area contributed by atoms with Crippen LogP contribution in [0, 0.1) is 17.2 Å². The van der Waals surface area contributed by atoms with E-state index in [1.165, 1.54) is 0 Å². The van der Waals surface area contributed by atoms with Gasteiger partial charge in [-0.3, -0.25) is 4.99 Å². The summed E-state index contributed by atoms with van der Waals surface area (Å²) < 4.78 is 11.6. The van der Waals surface area contributed by atoms with Gasteiger partial charge in [0.05, 0.1) is 30.0 Å². The molecule has 4 rings (SSSR count). The van der Waals surface area contributed by atoms with Crippen LogP contribution >= 0.6 is 11.8 Å². The van der Waals surface area contributed by atoms with Gasteiger partial charge in [0, 0.05) is 37.1 Å². The predicted molar refractivity (Wildman–Crippen MR) is 128 cm³/mol. The van der Waals surface area contributed by atoms with Crippen molar-refractivity contribution in [2.45, 2.75) is 45.1 Å². The first-order valence-electron chi connectivity index (χ1n) is 11.1.